The monoisotopic (exact) mass is 254 g/mol. The average molecular weight is 254 g/mol. The number of aryl methyl sites for hydroxylation is 1. The van der Waals surface area contributed by atoms with Gasteiger partial charge in [0.1, 0.15) is 5.82 Å². The number of aromatic nitrogens is 3. The second kappa shape index (κ2) is 6.73. The van der Waals surface area contributed by atoms with Crippen LogP contribution in [0.3, 0.4) is 0 Å². The van der Waals surface area contributed by atoms with E-state index >= 15 is 0 Å². The molecule has 1 aromatic rings. The van der Waals surface area contributed by atoms with Gasteiger partial charge >= 0.3 is 5.97 Å². The summed E-state index contributed by atoms with van der Waals surface area (Å²) >= 11 is 0. The fraction of sp³-hybridized carbons (Fsp3) is 0.636. The molecule has 7 heteroatoms. The number of amides is 1. The molecule has 1 unspecified atom stereocenters. The molecule has 1 amide bonds. The van der Waals surface area contributed by atoms with Crippen molar-refractivity contribution in [2.75, 3.05) is 0 Å². The largest absolute Gasteiger partial charge is 0.481 e. The molecule has 0 aliphatic carbocycles. The number of carboxylic acids is 1. The number of aromatic amines is 1. The Morgan fingerprint density at radius 2 is 2.22 bits per heavy atom. The van der Waals surface area contributed by atoms with Crippen molar-refractivity contribution in [3.8, 4) is 0 Å². The lowest BCUT2D eigenvalue weighted by atomic mass is 10.2. The Morgan fingerprint density at radius 3 is 2.83 bits per heavy atom. The van der Waals surface area contributed by atoms with E-state index < -0.39 is 5.97 Å². The highest BCUT2D eigenvalue weighted by Gasteiger charge is 2.15. The zero-order valence-electron chi connectivity index (χ0n) is 10.6. The minimum absolute atomic E-state index is 0.0243. The van der Waals surface area contributed by atoms with Gasteiger partial charge in [-0.15, -0.1) is 5.10 Å². The summed E-state index contributed by atoms with van der Waals surface area (Å²) in [4.78, 5) is 26.2. The first-order valence-corrected chi connectivity index (χ1v) is 5.96. The van der Waals surface area contributed by atoms with E-state index in [0.717, 1.165) is 12.8 Å². The van der Waals surface area contributed by atoms with Crippen LogP contribution < -0.4 is 5.32 Å². The van der Waals surface area contributed by atoms with Crippen LogP contribution in [0.5, 0.6) is 0 Å². The fourth-order valence-corrected chi connectivity index (χ4v) is 1.45. The van der Waals surface area contributed by atoms with E-state index in [1.54, 1.807) is 6.92 Å². The van der Waals surface area contributed by atoms with E-state index in [9.17, 15) is 9.59 Å². The van der Waals surface area contributed by atoms with Crippen LogP contribution in [0.4, 0.5) is 0 Å². The Labute approximate surface area is 105 Å². The minimum Gasteiger partial charge on any atom is -0.481 e. The number of carbonyl (C=O) groups excluding carboxylic acids is 1. The average Bonchev–Trinajstić information content (AvgIpc) is 2.75. The molecular weight excluding hydrogens is 236 g/mol. The lowest BCUT2D eigenvalue weighted by Crippen LogP contribution is -2.33. The van der Waals surface area contributed by atoms with Gasteiger partial charge < -0.3 is 10.4 Å². The van der Waals surface area contributed by atoms with Gasteiger partial charge in [0.25, 0.3) is 5.91 Å². The number of nitrogens with one attached hydrogen (secondary N) is 2. The van der Waals surface area contributed by atoms with Crippen molar-refractivity contribution in [1.82, 2.24) is 20.5 Å². The van der Waals surface area contributed by atoms with Crippen LogP contribution >= 0.6 is 0 Å². The molecule has 0 aromatic carbocycles. The number of carboxylic acid groups (broad SMARTS) is 1. The van der Waals surface area contributed by atoms with Crippen molar-refractivity contribution >= 4 is 11.9 Å². The van der Waals surface area contributed by atoms with Gasteiger partial charge in [0, 0.05) is 18.9 Å². The molecule has 18 heavy (non-hydrogen) atoms. The summed E-state index contributed by atoms with van der Waals surface area (Å²) in [7, 11) is 0. The van der Waals surface area contributed by atoms with Gasteiger partial charge in [0.05, 0.1) is 0 Å². The predicted octanol–water partition coefficient (Wildman–Crippen LogP) is 0.740. The maximum atomic E-state index is 11.7. The van der Waals surface area contributed by atoms with Gasteiger partial charge in [0.2, 0.25) is 5.82 Å². The van der Waals surface area contributed by atoms with E-state index in [1.807, 2.05) is 6.92 Å². The van der Waals surface area contributed by atoms with Crippen molar-refractivity contribution < 1.29 is 14.7 Å². The fourth-order valence-electron chi connectivity index (χ4n) is 1.45. The summed E-state index contributed by atoms with van der Waals surface area (Å²) < 4.78 is 0. The summed E-state index contributed by atoms with van der Waals surface area (Å²) in [5.41, 5.74) is 0. The number of H-pyrrole nitrogens is 1. The molecule has 0 aliphatic heterocycles. The third kappa shape index (κ3) is 4.52. The maximum absolute atomic E-state index is 11.7. The lowest BCUT2D eigenvalue weighted by molar-refractivity contribution is -0.137. The highest BCUT2D eigenvalue weighted by Crippen LogP contribution is 2.00. The van der Waals surface area contributed by atoms with Crippen LogP contribution in [-0.4, -0.2) is 38.2 Å². The third-order valence-electron chi connectivity index (χ3n) is 2.39. The number of hydrogen-bond donors (Lipinski definition) is 3. The molecule has 0 spiro atoms. The first-order chi connectivity index (χ1) is 8.52. The third-order valence-corrected chi connectivity index (χ3v) is 2.39. The van der Waals surface area contributed by atoms with Crippen LogP contribution in [0, 0.1) is 0 Å². The van der Waals surface area contributed by atoms with Crippen molar-refractivity contribution in [3.05, 3.63) is 11.6 Å². The standard InChI is InChI=1S/C11H18N4O3/c1-3-4-8-13-10(15-14-8)11(18)12-7(2)5-6-9(16)17/h7H,3-6H2,1-2H3,(H,12,18)(H,16,17)(H,13,14,15). The number of rotatable bonds is 7. The highest BCUT2D eigenvalue weighted by atomic mass is 16.4. The summed E-state index contributed by atoms with van der Waals surface area (Å²) in [5.74, 6) is -0.479. The number of carbonyl (C=O) groups is 2. The summed E-state index contributed by atoms with van der Waals surface area (Å²) in [5, 5.41) is 17.7. The van der Waals surface area contributed by atoms with Gasteiger partial charge in [-0.2, -0.15) is 0 Å². The first kappa shape index (κ1) is 14.1. The van der Waals surface area contributed by atoms with Crippen molar-refractivity contribution in [3.63, 3.8) is 0 Å². The molecule has 0 saturated carbocycles. The Bertz CT molecular complexity index is 416. The van der Waals surface area contributed by atoms with E-state index in [2.05, 4.69) is 20.5 Å². The number of hydrogen-bond acceptors (Lipinski definition) is 4. The van der Waals surface area contributed by atoms with Gasteiger partial charge in [-0.05, 0) is 19.8 Å². The van der Waals surface area contributed by atoms with Gasteiger partial charge in [-0.3, -0.25) is 14.7 Å². The van der Waals surface area contributed by atoms with Gasteiger partial charge in [0.15, 0.2) is 0 Å². The van der Waals surface area contributed by atoms with Gasteiger partial charge in [-0.25, -0.2) is 4.98 Å². The summed E-state index contributed by atoms with van der Waals surface area (Å²) in [6.07, 6.45) is 2.07. The minimum atomic E-state index is -0.876. The van der Waals surface area contributed by atoms with E-state index in [-0.39, 0.29) is 24.2 Å². The van der Waals surface area contributed by atoms with Crippen LogP contribution in [0.15, 0.2) is 0 Å². The van der Waals surface area contributed by atoms with Crippen molar-refractivity contribution in [2.45, 2.75) is 45.6 Å². The Morgan fingerprint density at radius 1 is 1.50 bits per heavy atom. The topological polar surface area (TPSA) is 108 Å². The molecule has 1 atom stereocenters. The van der Waals surface area contributed by atoms with E-state index in [1.165, 1.54) is 0 Å². The molecule has 3 N–H and O–H groups in total. The molecule has 0 radical (unpaired) electrons. The van der Waals surface area contributed by atoms with E-state index in [0.29, 0.717) is 12.2 Å². The Balaban J connectivity index is 2.45. The molecule has 0 fully saturated rings. The number of aliphatic carboxylic acids is 1. The Kier molecular flexibility index (Phi) is 5.29. The SMILES string of the molecule is CCCc1nc(C(=O)NC(C)CCC(=O)O)n[nH]1. The van der Waals surface area contributed by atoms with Gasteiger partial charge in [-0.1, -0.05) is 6.92 Å². The molecular formula is C11H18N4O3. The zero-order chi connectivity index (χ0) is 13.5. The lowest BCUT2D eigenvalue weighted by Gasteiger charge is -2.10. The van der Waals surface area contributed by atoms with Crippen LogP contribution in [-0.2, 0) is 11.2 Å². The molecule has 0 aliphatic rings. The Hall–Kier alpha value is -1.92. The smallest absolute Gasteiger partial charge is 0.303 e. The molecule has 1 rings (SSSR count). The molecule has 7 nitrogen and oxygen atoms in total. The van der Waals surface area contributed by atoms with Crippen LogP contribution in [0.25, 0.3) is 0 Å². The maximum Gasteiger partial charge on any atom is 0.303 e. The predicted molar refractivity (Wildman–Crippen MR) is 64.2 cm³/mol. The van der Waals surface area contributed by atoms with Crippen molar-refractivity contribution in [1.29, 1.82) is 0 Å². The molecule has 1 aromatic heterocycles. The highest BCUT2D eigenvalue weighted by molar-refractivity contribution is 5.90. The normalized spacial score (nSPS) is 12.1. The molecule has 100 valence electrons. The second-order valence-electron chi connectivity index (χ2n) is 4.16. The zero-order valence-corrected chi connectivity index (χ0v) is 10.6. The van der Waals surface area contributed by atoms with Crippen LogP contribution in [0.2, 0.25) is 0 Å². The number of nitrogens with zero attached hydrogens (tertiary/aromatic N) is 2. The quantitative estimate of drug-likeness (QED) is 0.665. The molecule has 0 bridgehead atoms. The summed E-state index contributed by atoms with van der Waals surface area (Å²) in [6.45, 7) is 3.76. The summed E-state index contributed by atoms with van der Waals surface area (Å²) in [6, 6.07) is -0.221. The van der Waals surface area contributed by atoms with E-state index in [4.69, 9.17) is 5.11 Å². The molecule has 0 saturated heterocycles. The first-order valence-electron chi connectivity index (χ1n) is 5.96. The molecule has 1 heterocycles. The van der Waals surface area contributed by atoms with Crippen LogP contribution in [0.1, 0.15) is 49.6 Å². The second-order valence-corrected chi connectivity index (χ2v) is 4.16. The van der Waals surface area contributed by atoms with Crippen molar-refractivity contribution in [2.24, 2.45) is 0 Å².